The minimum atomic E-state index is -3.69. The average Bonchev–Trinajstić information content (AvgIpc) is 3.00. The number of carbonyl (C=O) groups excluding carboxylic acids is 1. The van der Waals surface area contributed by atoms with Crippen LogP contribution in [0.1, 0.15) is 47.9 Å². The Labute approximate surface area is 248 Å². The van der Waals surface area contributed by atoms with Crippen LogP contribution in [-0.4, -0.2) is 26.3 Å². The lowest BCUT2D eigenvalue weighted by Gasteiger charge is -2.20. The fraction of sp³-hybridized carbons (Fsp3) is 0.265. The number of rotatable bonds is 13. The molecule has 0 N–H and O–H groups in total. The number of ether oxygens (including phenoxy) is 4. The van der Waals surface area contributed by atoms with E-state index >= 15 is 0 Å². The molecule has 5 nitrogen and oxygen atoms in total. The molecule has 0 saturated carbocycles. The van der Waals surface area contributed by atoms with Gasteiger partial charge in [0.25, 0.3) is 0 Å². The van der Waals surface area contributed by atoms with Crippen LogP contribution in [0, 0.1) is 23.7 Å². The van der Waals surface area contributed by atoms with Gasteiger partial charge in [-0.25, -0.2) is 4.79 Å². The number of alkyl halides is 4. The number of hydrogen-bond donors (Lipinski definition) is 0. The third-order valence-corrected chi connectivity index (χ3v) is 5.73. The molecule has 0 fully saturated rings. The lowest BCUT2D eigenvalue weighted by molar-refractivity contribution is -0.188. The lowest BCUT2D eigenvalue weighted by Crippen LogP contribution is -2.22. The van der Waals surface area contributed by atoms with Crippen molar-refractivity contribution in [3.8, 4) is 35.2 Å². The first kappa shape index (κ1) is 32.8. The van der Waals surface area contributed by atoms with E-state index in [9.17, 15) is 22.4 Å². The fourth-order valence-electron chi connectivity index (χ4n) is 3.51. The normalized spacial score (nSPS) is 10.9. The first-order valence-electron chi connectivity index (χ1n) is 13.3. The van der Waals surface area contributed by atoms with Crippen molar-refractivity contribution >= 4 is 5.97 Å². The highest BCUT2D eigenvalue weighted by atomic mass is 19.3. The summed E-state index contributed by atoms with van der Waals surface area (Å²) in [5.74, 6) is 10.6. The van der Waals surface area contributed by atoms with Gasteiger partial charge in [0.05, 0.1) is 17.7 Å². The van der Waals surface area contributed by atoms with Gasteiger partial charge < -0.3 is 18.9 Å². The monoisotopic (exact) mass is 594 g/mol. The summed E-state index contributed by atoms with van der Waals surface area (Å²) in [7, 11) is 1.61. The molecule has 0 radical (unpaired) electrons. The Hall–Kier alpha value is -4.73. The minimum Gasteiger partial charge on any atom is -0.463 e. The number of halogens is 4. The van der Waals surface area contributed by atoms with Crippen LogP contribution in [0.4, 0.5) is 17.6 Å². The summed E-state index contributed by atoms with van der Waals surface area (Å²) in [5.41, 5.74) is 0.309. The summed E-state index contributed by atoms with van der Waals surface area (Å²) < 4.78 is 78.4. The molecule has 0 bridgehead atoms. The van der Waals surface area contributed by atoms with Gasteiger partial charge in [-0.1, -0.05) is 30.3 Å². The van der Waals surface area contributed by atoms with E-state index in [0.29, 0.717) is 37.0 Å². The zero-order chi connectivity index (χ0) is 31.1. The van der Waals surface area contributed by atoms with Gasteiger partial charge in [0.15, 0.2) is 0 Å². The highest BCUT2D eigenvalue weighted by molar-refractivity contribution is 5.81. The van der Waals surface area contributed by atoms with Crippen molar-refractivity contribution in [3.63, 3.8) is 0 Å². The number of carbonyl (C=O) groups is 1. The highest BCUT2D eigenvalue weighted by Gasteiger charge is 2.36. The van der Waals surface area contributed by atoms with Gasteiger partial charge >= 0.3 is 18.2 Å². The van der Waals surface area contributed by atoms with E-state index in [4.69, 9.17) is 18.9 Å². The number of unbranched alkanes of at least 4 members (excludes halogenated alkanes) is 2. The second kappa shape index (κ2) is 16.1. The zero-order valence-electron chi connectivity index (χ0n) is 23.5. The molecule has 0 unspecified atom stereocenters. The molecular formula is C34H30F4O5. The van der Waals surface area contributed by atoms with Gasteiger partial charge in [-0.05, 0) is 85.6 Å². The van der Waals surface area contributed by atoms with Gasteiger partial charge in [0.1, 0.15) is 11.5 Å². The topological polar surface area (TPSA) is 54.0 Å². The Morgan fingerprint density at radius 2 is 1.14 bits per heavy atom. The quantitative estimate of drug-likeness (QED) is 0.0672. The SMILES string of the molecule is C=CC(=O)OCCCC#Cc1ccc(C(F)(F)Oc2ccc(OC(F)(F)c3ccc(C#CCCCOC)cc3)cc2)cc1. The molecule has 224 valence electrons. The predicted octanol–water partition coefficient (Wildman–Crippen LogP) is 7.58. The largest absolute Gasteiger partial charge is 0.463 e. The maximum atomic E-state index is 14.7. The van der Waals surface area contributed by atoms with Crippen LogP contribution in [0.2, 0.25) is 0 Å². The second-order valence-corrected chi connectivity index (χ2v) is 9.04. The summed E-state index contributed by atoms with van der Waals surface area (Å²) in [6, 6.07) is 15.1. The van der Waals surface area contributed by atoms with E-state index < -0.39 is 23.7 Å². The summed E-state index contributed by atoms with van der Waals surface area (Å²) in [6.45, 7) is 4.10. The van der Waals surface area contributed by atoms with Gasteiger partial charge in [0.2, 0.25) is 0 Å². The van der Waals surface area contributed by atoms with Gasteiger partial charge in [-0.15, -0.1) is 0 Å². The zero-order valence-corrected chi connectivity index (χ0v) is 23.5. The van der Waals surface area contributed by atoms with Crippen LogP contribution < -0.4 is 9.47 Å². The first-order valence-corrected chi connectivity index (χ1v) is 13.3. The Morgan fingerprint density at radius 1 is 0.721 bits per heavy atom. The lowest BCUT2D eigenvalue weighted by atomic mass is 10.1. The van der Waals surface area contributed by atoms with E-state index in [0.717, 1.165) is 36.8 Å². The summed E-state index contributed by atoms with van der Waals surface area (Å²) in [5, 5.41) is 0. The fourth-order valence-corrected chi connectivity index (χ4v) is 3.51. The molecule has 0 aliphatic carbocycles. The van der Waals surface area contributed by atoms with Crippen molar-refractivity contribution in [2.75, 3.05) is 20.3 Å². The van der Waals surface area contributed by atoms with Gasteiger partial charge in [-0.3, -0.25) is 0 Å². The van der Waals surface area contributed by atoms with Crippen molar-refractivity contribution in [2.45, 2.75) is 37.9 Å². The van der Waals surface area contributed by atoms with Crippen LogP contribution in [0.25, 0.3) is 0 Å². The van der Waals surface area contributed by atoms with Crippen LogP contribution >= 0.6 is 0 Å². The molecule has 43 heavy (non-hydrogen) atoms. The minimum absolute atomic E-state index is 0.206. The highest BCUT2D eigenvalue weighted by Crippen LogP contribution is 2.35. The smallest absolute Gasteiger partial charge is 0.426 e. The number of methoxy groups -OCH3 is 1. The summed E-state index contributed by atoms with van der Waals surface area (Å²) in [6.07, 6.45) is -3.90. The van der Waals surface area contributed by atoms with Crippen molar-refractivity contribution in [1.82, 2.24) is 0 Å². The Morgan fingerprint density at radius 3 is 1.53 bits per heavy atom. The molecule has 0 aromatic heterocycles. The molecule has 9 heteroatoms. The van der Waals surface area contributed by atoms with Crippen molar-refractivity contribution < 1.29 is 41.3 Å². The molecule has 0 saturated heterocycles. The molecule has 0 spiro atoms. The molecule has 3 aromatic carbocycles. The van der Waals surface area contributed by atoms with Crippen molar-refractivity contribution in [1.29, 1.82) is 0 Å². The van der Waals surface area contributed by atoms with E-state index in [2.05, 4.69) is 30.3 Å². The predicted molar refractivity (Wildman–Crippen MR) is 154 cm³/mol. The molecule has 0 amide bonds. The number of esters is 1. The molecular weight excluding hydrogens is 564 g/mol. The van der Waals surface area contributed by atoms with Crippen LogP contribution in [0.15, 0.2) is 85.5 Å². The average molecular weight is 595 g/mol. The maximum Gasteiger partial charge on any atom is 0.426 e. The van der Waals surface area contributed by atoms with Crippen LogP contribution in [0.5, 0.6) is 11.5 Å². The van der Waals surface area contributed by atoms with Gasteiger partial charge in [-0.2, -0.15) is 17.6 Å². The molecule has 3 rings (SSSR count). The van der Waals surface area contributed by atoms with Crippen molar-refractivity contribution in [2.24, 2.45) is 0 Å². The summed E-state index contributed by atoms with van der Waals surface area (Å²) in [4.78, 5) is 11.0. The number of benzene rings is 3. The summed E-state index contributed by atoms with van der Waals surface area (Å²) >= 11 is 0. The first-order chi connectivity index (χ1) is 20.6. The molecule has 0 aliphatic heterocycles. The Kier molecular flexibility index (Phi) is 12.2. The molecule has 0 atom stereocenters. The third-order valence-electron chi connectivity index (χ3n) is 5.73. The van der Waals surface area contributed by atoms with E-state index in [1.54, 1.807) is 7.11 Å². The molecule has 3 aromatic rings. The maximum absolute atomic E-state index is 14.7. The second-order valence-electron chi connectivity index (χ2n) is 9.04. The van der Waals surface area contributed by atoms with Crippen LogP contribution in [-0.2, 0) is 26.5 Å². The third kappa shape index (κ3) is 10.9. The van der Waals surface area contributed by atoms with Crippen molar-refractivity contribution in [3.05, 3.63) is 108 Å². The van der Waals surface area contributed by atoms with E-state index in [-0.39, 0.29) is 23.7 Å². The van der Waals surface area contributed by atoms with Crippen LogP contribution in [0.3, 0.4) is 0 Å². The van der Waals surface area contributed by atoms with Gasteiger partial charge in [0, 0.05) is 43.8 Å². The Bertz CT molecular complexity index is 1460. The van der Waals surface area contributed by atoms with E-state index in [1.807, 2.05) is 0 Å². The van der Waals surface area contributed by atoms with E-state index in [1.165, 1.54) is 48.5 Å². The standard InChI is InChI=1S/C34H30F4O5/c1-3-32(39)41-25-9-5-7-11-27-14-18-29(19-15-27)34(37,38)43-31-22-20-30(21-23-31)42-33(35,36)28-16-12-26(13-17-28)10-6-4-8-24-40-2/h3,12-23H,1,4-5,8-9,24-25H2,2H3. The molecule has 0 aliphatic rings. The number of hydrogen-bond acceptors (Lipinski definition) is 5. The Balaban J connectivity index is 1.53. The molecule has 0 heterocycles.